The van der Waals surface area contributed by atoms with Crippen molar-refractivity contribution < 1.29 is 15.0 Å². The predicted molar refractivity (Wildman–Crippen MR) is 77.9 cm³/mol. The van der Waals surface area contributed by atoms with Crippen LogP contribution < -0.4 is 0 Å². The zero-order chi connectivity index (χ0) is 14.5. The molecule has 1 aliphatic heterocycles. The van der Waals surface area contributed by atoms with Gasteiger partial charge in [0.1, 0.15) is 6.04 Å². The fourth-order valence-electron chi connectivity index (χ4n) is 2.94. The zero-order valence-electron chi connectivity index (χ0n) is 11.3. The number of rotatable bonds is 5. The van der Waals surface area contributed by atoms with E-state index in [1.165, 1.54) is 0 Å². The minimum Gasteiger partial charge on any atom is -0.480 e. The first-order valence-corrected chi connectivity index (χ1v) is 7.36. The second-order valence-corrected chi connectivity index (χ2v) is 5.63. The van der Waals surface area contributed by atoms with Gasteiger partial charge in [-0.15, -0.1) is 0 Å². The summed E-state index contributed by atoms with van der Waals surface area (Å²) in [5, 5.41) is 19.4. The molecule has 1 aromatic rings. The van der Waals surface area contributed by atoms with Gasteiger partial charge in [0.05, 0.1) is 0 Å². The van der Waals surface area contributed by atoms with Crippen LogP contribution >= 0.6 is 11.6 Å². The van der Waals surface area contributed by atoms with Crippen LogP contribution in [-0.4, -0.2) is 40.3 Å². The number of nitrogens with zero attached hydrogens (tertiary/aromatic N) is 1. The average molecular weight is 298 g/mol. The number of carboxylic acids is 1. The molecule has 0 amide bonds. The fraction of sp³-hybridized carbons (Fsp3) is 0.533. The SMILES string of the molecule is O=C(O)C(c1ccc(Cl)cc1)N1CCCCC1CCO. The molecule has 110 valence electrons. The smallest absolute Gasteiger partial charge is 0.325 e. The zero-order valence-corrected chi connectivity index (χ0v) is 12.1. The normalized spacial score (nSPS) is 21.6. The first-order valence-electron chi connectivity index (χ1n) is 6.98. The van der Waals surface area contributed by atoms with E-state index in [0.717, 1.165) is 31.4 Å². The summed E-state index contributed by atoms with van der Waals surface area (Å²) in [6.07, 6.45) is 3.66. The van der Waals surface area contributed by atoms with Gasteiger partial charge in [0.2, 0.25) is 0 Å². The van der Waals surface area contributed by atoms with Crippen LogP contribution in [0.3, 0.4) is 0 Å². The van der Waals surface area contributed by atoms with Crippen molar-refractivity contribution >= 4 is 17.6 Å². The number of hydrogen-bond acceptors (Lipinski definition) is 3. The number of carboxylic acid groups (broad SMARTS) is 1. The summed E-state index contributed by atoms with van der Waals surface area (Å²) in [7, 11) is 0. The van der Waals surface area contributed by atoms with Crippen LogP contribution in [0.5, 0.6) is 0 Å². The van der Waals surface area contributed by atoms with Crippen molar-refractivity contribution in [1.29, 1.82) is 0 Å². The van der Waals surface area contributed by atoms with E-state index >= 15 is 0 Å². The summed E-state index contributed by atoms with van der Waals surface area (Å²) >= 11 is 5.87. The lowest BCUT2D eigenvalue weighted by atomic mass is 9.94. The van der Waals surface area contributed by atoms with Crippen molar-refractivity contribution in [3.63, 3.8) is 0 Å². The highest BCUT2D eigenvalue weighted by Crippen LogP contribution is 2.30. The molecule has 2 N–H and O–H groups in total. The molecule has 20 heavy (non-hydrogen) atoms. The highest BCUT2D eigenvalue weighted by atomic mass is 35.5. The lowest BCUT2D eigenvalue weighted by molar-refractivity contribution is -0.145. The summed E-state index contributed by atoms with van der Waals surface area (Å²) in [6.45, 7) is 0.846. The van der Waals surface area contributed by atoms with Crippen LogP contribution in [0.15, 0.2) is 24.3 Å². The number of benzene rings is 1. The molecule has 0 bridgehead atoms. The molecule has 0 spiro atoms. The lowest BCUT2D eigenvalue weighted by Gasteiger charge is -2.39. The molecule has 1 fully saturated rings. The second-order valence-electron chi connectivity index (χ2n) is 5.19. The molecule has 0 aliphatic carbocycles. The minimum atomic E-state index is -0.850. The van der Waals surface area contributed by atoms with Gasteiger partial charge in [0, 0.05) is 17.7 Å². The number of likely N-dealkylation sites (tertiary alicyclic amines) is 1. The van der Waals surface area contributed by atoms with E-state index in [1.807, 2.05) is 4.90 Å². The molecule has 0 radical (unpaired) electrons. The van der Waals surface area contributed by atoms with Gasteiger partial charge in [0.25, 0.3) is 0 Å². The van der Waals surface area contributed by atoms with Gasteiger partial charge in [-0.2, -0.15) is 0 Å². The van der Waals surface area contributed by atoms with Crippen LogP contribution in [-0.2, 0) is 4.79 Å². The largest absolute Gasteiger partial charge is 0.480 e. The van der Waals surface area contributed by atoms with E-state index in [2.05, 4.69) is 0 Å². The van der Waals surface area contributed by atoms with E-state index in [1.54, 1.807) is 24.3 Å². The molecule has 1 heterocycles. The molecule has 2 rings (SSSR count). The van der Waals surface area contributed by atoms with E-state index < -0.39 is 12.0 Å². The van der Waals surface area contributed by atoms with Crippen molar-refractivity contribution in [3.05, 3.63) is 34.9 Å². The Hall–Kier alpha value is -1.10. The first-order chi connectivity index (χ1) is 9.63. The highest BCUT2D eigenvalue weighted by molar-refractivity contribution is 6.30. The van der Waals surface area contributed by atoms with Crippen LogP contribution in [0.25, 0.3) is 0 Å². The molecule has 0 aromatic heterocycles. The number of aliphatic hydroxyl groups is 1. The van der Waals surface area contributed by atoms with Crippen molar-refractivity contribution in [2.75, 3.05) is 13.2 Å². The van der Waals surface area contributed by atoms with Crippen molar-refractivity contribution in [1.82, 2.24) is 4.90 Å². The Kier molecular flexibility index (Phi) is 5.40. The third-order valence-corrected chi connectivity index (χ3v) is 4.14. The van der Waals surface area contributed by atoms with Crippen LogP contribution in [0.1, 0.15) is 37.3 Å². The number of carbonyl (C=O) groups is 1. The molecule has 2 unspecified atom stereocenters. The molecule has 0 saturated carbocycles. The molecular formula is C15H20ClNO3. The first kappa shape index (κ1) is 15.3. The quantitative estimate of drug-likeness (QED) is 0.877. The van der Waals surface area contributed by atoms with Gasteiger partial charge in [0.15, 0.2) is 0 Å². The monoisotopic (exact) mass is 297 g/mol. The fourth-order valence-corrected chi connectivity index (χ4v) is 3.07. The summed E-state index contributed by atoms with van der Waals surface area (Å²) < 4.78 is 0. The van der Waals surface area contributed by atoms with E-state index in [-0.39, 0.29) is 12.6 Å². The Balaban J connectivity index is 2.26. The van der Waals surface area contributed by atoms with Crippen LogP contribution in [0.2, 0.25) is 5.02 Å². The van der Waals surface area contributed by atoms with Gasteiger partial charge < -0.3 is 10.2 Å². The van der Waals surface area contributed by atoms with E-state index in [9.17, 15) is 15.0 Å². The third-order valence-electron chi connectivity index (χ3n) is 3.89. The molecule has 5 heteroatoms. The average Bonchev–Trinajstić information content (AvgIpc) is 2.43. The molecule has 2 atom stereocenters. The van der Waals surface area contributed by atoms with Crippen molar-refractivity contribution in [2.45, 2.75) is 37.8 Å². The van der Waals surface area contributed by atoms with Gasteiger partial charge in [-0.05, 0) is 43.5 Å². The Bertz CT molecular complexity index is 447. The molecular weight excluding hydrogens is 278 g/mol. The Morgan fingerprint density at radius 2 is 2.05 bits per heavy atom. The van der Waals surface area contributed by atoms with Crippen LogP contribution in [0.4, 0.5) is 0 Å². The number of aliphatic hydroxyl groups excluding tert-OH is 1. The maximum Gasteiger partial charge on any atom is 0.325 e. The summed E-state index contributed by atoms with van der Waals surface area (Å²) in [4.78, 5) is 13.7. The number of halogens is 1. The molecule has 1 aliphatic rings. The summed E-state index contributed by atoms with van der Waals surface area (Å²) in [6, 6.07) is 6.45. The number of aliphatic carboxylic acids is 1. The Morgan fingerprint density at radius 3 is 2.65 bits per heavy atom. The second kappa shape index (κ2) is 7.07. The van der Waals surface area contributed by atoms with Crippen molar-refractivity contribution in [3.8, 4) is 0 Å². The lowest BCUT2D eigenvalue weighted by Crippen LogP contribution is -2.45. The van der Waals surface area contributed by atoms with Gasteiger partial charge in [-0.3, -0.25) is 9.69 Å². The van der Waals surface area contributed by atoms with Crippen LogP contribution in [0, 0.1) is 0 Å². The predicted octanol–water partition coefficient (Wildman–Crippen LogP) is 2.70. The van der Waals surface area contributed by atoms with E-state index in [0.29, 0.717) is 11.4 Å². The molecule has 4 nitrogen and oxygen atoms in total. The summed E-state index contributed by atoms with van der Waals surface area (Å²) in [5.41, 5.74) is 0.742. The van der Waals surface area contributed by atoms with Gasteiger partial charge in [-0.1, -0.05) is 30.2 Å². The Morgan fingerprint density at radius 1 is 1.35 bits per heavy atom. The van der Waals surface area contributed by atoms with Gasteiger partial charge >= 0.3 is 5.97 Å². The number of hydrogen-bond donors (Lipinski definition) is 2. The minimum absolute atomic E-state index is 0.0914. The molecule has 1 aromatic carbocycles. The highest BCUT2D eigenvalue weighted by Gasteiger charge is 2.33. The molecule has 1 saturated heterocycles. The standard InChI is InChI=1S/C15H20ClNO3/c16-12-6-4-11(5-7-12)14(15(19)20)17-9-2-1-3-13(17)8-10-18/h4-7,13-14,18H,1-3,8-10H2,(H,19,20). The maximum atomic E-state index is 11.7. The van der Waals surface area contributed by atoms with Gasteiger partial charge in [-0.25, -0.2) is 0 Å². The number of piperidine rings is 1. The maximum absolute atomic E-state index is 11.7. The topological polar surface area (TPSA) is 60.8 Å². The third kappa shape index (κ3) is 3.51. The Labute approximate surface area is 124 Å². The summed E-state index contributed by atoms with van der Waals surface area (Å²) in [5.74, 6) is -0.850. The van der Waals surface area contributed by atoms with E-state index in [4.69, 9.17) is 11.6 Å². The van der Waals surface area contributed by atoms with Crippen molar-refractivity contribution in [2.24, 2.45) is 0 Å².